The van der Waals surface area contributed by atoms with E-state index in [1.54, 1.807) is 0 Å². The summed E-state index contributed by atoms with van der Waals surface area (Å²) in [4.78, 5) is 38.2. The first-order chi connectivity index (χ1) is 16.8. The molecule has 1 saturated heterocycles. The fraction of sp³-hybridized carbons (Fsp3) is 0.423. The molecular weight excluding hydrogens is 458 g/mol. The molecule has 4 rings (SSSR count). The minimum atomic E-state index is -2.83. The minimum Gasteiger partial charge on any atom is -0.481 e. The summed E-state index contributed by atoms with van der Waals surface area (Å²) in [5.41, 5.74) is 4.12. The lowest BCUT2D eigenvalue weighted by Gasteiger charge is -2.37. The van der Waals surface area contributed by atoms with Gasteiger partial charge >= 0.3 is 12.1 Å². The molecule has 2 atom stereocenters. The van der Waals surface area contributed by atoms with Gasteiger partial charge in [-0.3, -0.25) is 9.59 Å². The number of fused-ring (bicyclic) bond motifs is 3. The molecule has 35 heavy (non-hydrogen) atoms. The van der Waals surface area contributed by atoms with Crippen molar-refractivity contribution in [2.24, 2.45) is 0 Å². The maximum Gasteiger partial charge on any atom is 0.407 e. The average Bonchev–Trinajstić information content (AvgIpc) is 3.15. The van der Waals surface area contributed by atoms with Crippen LogP contribution in [-0.2, 0) is 14.3 Å². The molecule has 9 heteroatoms. The molecule has 1 aliphatic carbocycles. The average molecular weight is 487 g/mol. The van der Waals surface area contributed by atoms with E-state index in [9.17, 15) is 23.2 Å². The molecule has 2 amide bonds. The monoisotopic (exact) mass is 486 g/mol. The second kappa shape index (κ2) is 10.8. The van der Waals surface area contributed by atoms with Gasteiger partial charge in [0.05, 0.1) is 6.42 Å². The lowest BCUT2D eigenvalue weighted by Crippen LogP contribution is -2.54. The maximum atomic E-state index is 13.3. The van der Waals surface area contributed by atoms with E-state index in [1.165, 1.54) is 4.90 Å². The molecule has 2 N–H and O–H groups in total. The maximum absolute atomic E-state index is 13.3. The number of carboxylic acid groups (broad SMARTS) is 1. The number of halogens is 2. The number of likely N-dealkylation sites (tertiary alicyclic amines) is 1. The number of hydrogen-bond acceptors (Lipinski definition) is 4. The molecule has 1 fully saturated rings. The van der Waals surface area contributed by atoms with Crippen LogP contribution in [0.1, 0.15) is 49.1 Å². The van der Waals surface area contributed by atoms with Crippen molar-refractivity contribution in [3.05, 3.63) is 59.7 Å². The Bertz CT molecular complexity index is 1050. The molecule has 1 aliphatic heterocycles. The van der Waals surface area contributed by atoms with Gasteiger partial charge in [-0.2, -0.15) is 0 Å². The van der Waals surface area contributed by atoms with Crippen molar-refractivity contribution >= 4 is 18.0 Å². The fourth-order valence-electron chi connectivity index (χ4n) is 5.09. The number of carboxylic acids is 1. The zero-order chi connectivity index (χ0) is 24.9. The molecule has 2 aliphatic rings. The summed E-state index contributed by atoms with van der Waals surface area (Å²) in [5.74, 6) is -1.98. The van der Waals surface area contributed by atoms with Crippen molar-refractivity contribution in [3.8, 4) is 11.1 Å². The Kier molecular flexibility index (Phi) is 7.63. The number of rotatable bonds is 8. The number of piperidine rings is 1. The van der Waals surface area contributed by atoms with Crippen molar-refractivity contribution in [3.63, 3.8) is 0 Å². The van der Waals surface area contributed by atoms with Crippen LogP contribution in [-0.4, -0.2) is 59.6 Å². The van der Waals surface area contributed by atoms with Crippen molar-refractivity contribution in [1.29, 1.82) is 0 Å². The standard InChI is InChI=1S/C26H28F2N2O5/c27-23(28)14-22(25(33)30-12-6-5-7-16(30)13-24(31)32)29-26(34)35-15-21-19-10-3-1-8-17(19)18-9-2-4-11-20(18)21/h1-4,8-11,16,21-23H,5-7,12-15H2,(H,29,34)(H,31,32)/t16-,22?/m0/s1. The molecule has 2 aromatic rings. The van der Waals surface area contributed by atoms with Crippen LogP contribution in [0, 0.1) is 0 Å². The van der Waals surface area contributed by atoms with Crippen LogP contribution >= 0.6 is 0 Å². The molecule has 0 saturated carbocycles. The van der Waals surface area contributed by atoms with Gasteiger partial charge in [0.1, 0.15) is 12.6 Å². The largest absolute Gasteiger partial charge is 0.481 e. The number of carbonyl (C=O) groups excluding carboxylic acids is 2. The molecule has 0 aromatic heterocycles. The van der Waals surface area contributed by atoms with Crippen LogP contribution in [0.3, 0.4) is 0 Å². The summed E-state index contributed by atoms with van der Waals surface area (Å²) in [6.07, 6.45) is -3.06. The zero-order valence-electron chi connectivity index (χ0n) is 19.2. The number of hydrogen-bond donors (Lipinski definition) is 2. The Labute approximate surface area is 202 Å². The van der Waals surface area contributed by atoms with Gasteiger partial charge in [-0.25, -0.2) is 13.6 Å². The molecule has 2 aromatic carbocycles. The number of nitrogens with zero attached hydrogens (tertiary/aromatic N) is 1. The third-order valence-corrected chi connectivity index (χ3v) is 6.67. The van der Waals surface area contributed by atoms with Crippen LogP contribution in [0.5, 0.6) is 0 Å². The van der Waals surface area contributed by atoms with Gasteiger partial charge in [-0.1, -0.05) is 48.5 Å². The third kappa shape index (κ3) is 5.61. The molecule has 1 unspecified atom stereocenters. The van der Waals surface area contributed by atoms with Gasteiger partial charge in [0.25, 0.3) is 0 Å². The van der Waals surface area contributed by atoms with E-state index in [0.29, 0.717) is 12.8 Å². The Morgan fingerprint density at radius 3 is 2.26 bits per heavy atom. The van der Waals surface area contributed by atoms with Crippen molar-refractivity contribution in [2.75, 3.05) is 13.2 Å². The predicted octanol–water partition coefficient (Wildman–Crippen LogP) is 4.40. The van der Waals surface area contributed by atoms with Gasteiger partial charge in [0.15, 0.2) is 0 Å². The third-order valence-electron chi connectivity index (χ3n) is 6.67. The predicted molar refractivity (Wildman–Crippen MR) is 124 cm³/mol. The molecule has 0 spiro atoms. The Balaban J connectivity index is 1.44. The van der Waals surface area contributed by atoms with E-state index in [2.05, 4.69) is 5.32 Å². The Hall–Kier alpha value is -3.49. The summed E-state index contributed by atoms with van der Waals surface area (Å²) in [5, 5.41) is 11.5. The zero-order valence-corrected chi connectivity index (χ0v) is 19.2. The number of carbonyl (C=O) groups is 3. The van der Waals surface area contributed by atoms with Crippen molar-refractivity contribution < 1.29 is 33.0 Å². The van der Waals surface area contributed by atoms with Crippen molar-refractivity contribution in [2.45, 2.75) is 56.5 Å². The molecule has 186 valence electrons. The number of aliphatic carboxylic acids is 1. The van der Waals surface area contributed by atoms with Crippen molar-refractivity contribution in [1.82, 2.24) is 10.2 Å². The number of ether oxygens (including phenoxy) is 1. The second-order valence-corrected chi connectivity index (χ2v) is 8.93. The second-order valence-electron chi connectivity index (χ2n) is 8.93. The summed E-state index contributed by atoms with van der Waals surface area (Å²) in [7, 11) is 0. The van der Waals surface area contributed by atoms with E-state index >= 15 is 0 Å². The van der Waals surface area contributed by atoms with Gasteiger partial charge in [0.2, 0.25) is 12.3 Å². The highest BCUT2D eigenvalue weighted by Crippen LogP contribution is 2.44. The van der Waals surface area contributed by atoms with E-state index < -0.39 is 42.9 Å². The van der Waals surface area contributed by atoms with Gasteiger partial charge in [-0.15, -0.1) is 0 Å². The van der Waals surface area contributed by atoms with Crippen LogP contribution in [0.4, 0.5) is 13.6 Å². The highest BCUT2D eigenvalue weighted by molar-refractivity contribution is 5.86. The fourth-order valence-corrected chi connectivity index (χ4v) is 5.09. The van der Waals surface area contributed by atoms with Gasteiger partial charge in [0, 0.05) is 24.9 Å². The number of nitrogens with one attached hydrogen (secondary N) is 1. The highest BCUT2D eigenvalue weighted by Gasteiger charge is 2.35. The topological polar surface area (TPSA) is 95.9 Å². The smallest absolute Gasteiger partial charge is 0.407 e. The Morgan fingerprint density at radius 2 is 1.66 bits per heavy atom. The molecule has 1 heterocycles. The van der Waals surface area contributed by atoms with Gasteiger partial charge in [-0.05, 0) is 41.5 Å². The summed E-state index contributed by atoms with van der Waals surface area (Å²) in [6.45, 7) is 0.254. The molecule has 0 radical (unpaired) electrons. The summed E-state index contributed by atoms with van der Waals surface area (Å²) in [6, 6.07) is 13.5. The van der Waals surface area contributed by atoms with E-state index in [1.807, 2.05) is 48.5 Å². The summed E-state index contributed by atoms with van der Waals surface area (Å²) >= 11 is 0. The van der Waals surface area contributed by atoms with Crippen LogP contribution < -0.4 is 5.32 Å². The Morgan fingerprint density at radius 1 is 1.03 bits per heavy atom. The first kappa shape index (κ1) is 24.6. The number of benzene rings is 2. The quantitative estimate of drug-likeness (QED) is 0.577. The number of amides is 2. The van der Waals surface area contributed by atoms with Gasteiger partial charge < -0.3 is 20.1 Å². The first-order valence-corrected chi connectivity index (χ1v) is 11.8. The lowest BCUT2D eigenvalue weighted by atomic mass is 9.98. The number of alkyl carbamates (subject to hydrolysis) is 1. The number of alkyl halides is 2. The molecule has 0 bridgehead atoms. The highest BCUT2D eigenvalue weighted by atomic mass is 19.3. The van der Waals surface area contributed by atoms with Crippen LogP contribution in [0.15, 0.2) is 48.5 Å². The minimum absolute atomic E-state index is 0.0131. The molecule has 7 nitrogen and oxygen atoms in total. The summed E-state index contributed by atoms with van der Waals surface area (Å²) < 4.78 is 32.0. The van der Waals surface area contributed by atoms with Crippen LogP contribution in [0.2, 0.25) is 0 Å². The normalized spacial score (nSPS) is 18.0. The lowest BCUT2D eigenvalue weighted by molar-refractivity contribution is -0.143. The van der Waals surface area contributed by atoms with E-state index in [-0.39, 0.29) is 25.5 Å². The SMILES string of the molecule is O=C(O)C[C@@H]1CCCCN1C(=O)C(CC(F)F)NC(=O)OCC1c2ccccc2-c2ccccc21. The first-order valence-electron chi connectivity index (χ1n) is 11.8. The molecular formula is C26H28F2N2O5. The van der Waals surface area contributed by atoms with E-state index in [4.69, 9.17) is 9.84 Å². The van der Waals surface area contributed by atoms with Crippen LogP contribution in [0.25, 0.3) is 11.1 Å². The van der Waals surface area contributed by atoms with E-state index in [0.717, 1.165) is 28.7 Å².